The molecule has 0 amide bonds. The number of nitrogens with zero attached hydrogens (tertiary/aromatic N) is 1. The van der Waals surface area contributed by atoms with Gasteiger partial charge in [-0.25, -0.2) is 0 Å². The maximum atomic E-state index is 11.1. The molecular weight excluding hydrogens is 318 g/mol. The predicted octanol–water partition coefficient (Wildman–Crippen LogP) is 3.86. The zero-order chi connectivity index (χ0) is 18.3. The van der Waals surface area contributed by atoms with E-state index < -0.39 is 11.4 Å². The summed E-state index contributed by atoms with van der Waals surface area (Å²) in [5.74, 6) is -0.889. The number of aliphatic carboxylic acids is 1. The topological polar surface area (TPSA) is 79.5 Å². The highest BCUT2D eigenvalue weighted by Gasteiger charge is 2.33. The monoisotopic (exact) mass is 345 g/mol. The second-order valence-corrected chi connectivity index (χ2v) is 6.80. The van der Waals surface area contributed by atoms with Crippen molar-refractivity contribution in [2.24, 2.45) is 0 Å². The van der Waals surface area contributed by atoms with Crippen molar-refractivity contribution in [3.8, 4) is 6.07 Å². The van der Waals surface area contributed by atoms with Crippen LogP contribution in [0.3, 0.4) is 0 Å². The molecular formula is C20H27NO4. The molecule has 2 atom stereocenters. The maximum Gasteiger partial charge on any atom is 0.303 e. The van der Waals surface area contributed by atoms with E-state index in [-0.39, 0.29) is 19.1 Å². The molecule has 2 rings (SSSR count). The van der Waals surface area contributed by atoms with E-state index >= 15 is 0 Å². The molecule has 2 unspecified atom stereocenters. The van der Waals surface area contributed by atoms with Gasteiger partial charge in [0.15, 0.2) is 6.29 Å². The van der Waals surface area contributed by atoms with Crippen LogP contribution in [-0.2, 0) is 19.7 Å². The Morgan fingerprint density at radius 1 is 1.36 bits per heavy atom. The predicted molar refractivity (Wildman–Crippen MR) is 94.2 cm³/mol. The molecule has 0 bridgehead atoms. The molecule has 0 aromatic heterocycles. The normalized spacial score (nSPS) is 19.8. The SMILES string of the molecule is Cc1ccc(C(C#N)(CCOC2CCCCO2)CCC(=O)O)cc1C. The summed E-state index contributed by atoms with van der Waals surface area (Å²) >= 11 is 0. The smallest absolute Gasteiger partial charge is 0.303 e. The Bertz CT molecular complexity index is 631. The van der Waals surface area contributed by atoms with Crippen molar-refractivity contribution in [2.75, 3.05) is 13.2 Å². The highest BCUT2D eigenvalue weighted by molar-refractivity contribution is 5.67. The molecule has 5 nitrogen and oxygen atoms in total. The summed E-state index contributed by atoms with van der Waals surface area (Å²) in [6.07, 6.45) is 3.51. The molecule has 1 saturated heterocycles. The molecule has 1 fully saturated rings. The molecule has 25 heavy (non-hydrogen) atoms. The summed E-state index contributed by atoms with van der Waals surface area (Å²) < 4.78 is 11.4. The van der Waals surface area contributed by atoms with Gasteiger partial charge in [-0.2, -0.15) is 5.26 Å². The van der Waals surface area contributed by atoms with Gasteiger partial charge >= 0.3 is 5.97 Å². The molecule has 136 valence electrons. The number of hydrogen-bond donors (Lipinski definition) is 1. The summed E-state index contributed by atoms with van der Waals surface area (Å²) in [5.41, 5.74) is 2.27. The summed E-state index contributed by atoms with van der Waals surface area (Å²) in [6, 6.07) is 8.31. The molecule has 0 saturated carbocycles. The Kier molecular flexibility index (Phi) is 6.98. The Balaban J connectivity index is 2.13. The highest BCUT2D eigenvalue weighted by Crippen LogP contribution is 2.34. The van der Waals surface area contributed by atoms with Crippen molar-refractivity contribution in [1.82, 2.24) is 0 Å². The van der Waals surface area contributed by atoms with Crippen LogP contribution >= 0.6 is 0 Å². The number of aryl methyl sites for hydroxylation is 2. The van der Waals surface area contributed by atoms with Crippen molar-refractivity contribution in [3.63, 3.8) is 0 Å². The van der Waals surface area contributed by atoms with E-state index in [0.29, 0.717) is 19.6 Å². The second-order valence-electron chi connectivity index (χ2n) is 6.80. The van der Waals surface area contributed by atoms with Crippen LogP contribution in [0.15, 0.2) is 18.2 Å². The van der Waals surface area contributed by atoms with Crippen LogP contribution in [0.2, 0.25) is 0 Å². The van der Waals surface area contributed by atoms with Crippen molar-refractivity contribution in [2.45, 2.75) is 64.1 Å². The molecule has 5 heteroatoms. The first-order valence-corrected chi connectivity index (χ1v) is 8.91. The van der Waals surface area contributed by atoms with Gasteiger partial charge in [0.05, 0.1) is 18.1 Å². The van der Waals surface area contributed by atoms with E-state index in [1.807, 2.05) is 32.0 Å². The van der Waals surface area contributed by atoms with Crippen LogP contribution in [0.4, 0.5) is 0 Å². The van der Waals surface area contributed by atoms with Gasteiger partial charge in [0.25, 0.3) is 0 Å². The molecule has 0 spiro atoms. The van der Waals surface area contributed by atoms with Crippen molar-refractivity contribution in [1.29, 1.82) is 5.26 Å². The number of ether oxygens (including phenoxy) is 2. The average Bonchev–Trinajstić information content (AvgIpc) is 2.61. The van der Waals surface area contributed by atoms with Crippen LogP contribution in [-0.4, -0.2) is 30.6 Å². The molecule has 1 aromatic carbocycles. The quantitative estimate of drug-likeness (QED) is 0.774. The van der Waals surface area contributed by atoms with Gasteiger partial charge in [-0.3, -0.25) is 4.79 Å². The zero-order valence-corrected chi connectivity index (χ0v) is 15.1. The standard InChI is InChI=1S/C20H27NO4/c1-15-6-7-17(13-16(15)2)20(14-21,9-8-18(22)23)10-12-25-19-5-3-4-11-24-19/h6-7,13,19H,3-5,8-12H2,1-2H3,(H,22,23). The van der Waals surface area contributed by atoms with Crippen LogP contribution < -0.4 is 0 Å². The van der Waals surface area contributed by atoms with E-state index in [2.05, 4.69) is 6.07 Å². The van der Waals surface area contributed by atoms with Gasteiger partial charge in [0, 0.05) is 13.0 Å². The van der Waals surface area contributed by atoms with Crippen LogP contribution in [0, 0.1) is 25.2 Å². The van der Waals surface area contributed by atoms with Crippen LogP contribution in [0.5, 0.6) is 0 Å². The Hall–Kier alpha value is -1.90. The third-order valence-electron chi connectivity index (χ3n) is 5.01. The van der Waals surface area contributed by atoms with E-state index in [9.17, 15) is 10.1 Å². The lowest BCUT2D eigenvalue weighted by Crippen LogP contribution is -2.30. The molecule has 1 N–H and O–H groups in total. The first-order valence-electron chi connectivity index (χ1n) is 8.91. The molecule has 0 aliphatic carbocycles. The van der Waals surface area contributed by atoms with Gasteiger partial charge < -0.3 is 14.6 Å². The largest absolute Gasteiger partial charge is 0.481 e. The van der Waals surface area contributed by atoms with Crippen LogP contribution in [0.1, 0.15) is 55.2 Å². The summed E-state index contributed by atoms with van der Waals surface area (Å²) in [4.78, 5) is 11.1. The van der Waals surface area contributed by atoms with Gasteiger partial charge in [-0.1, -0.05) is 18.2 Å². The lowest BCUT2D eigenvalue weighted by atomic mass is 9.75. The maximum absolute atomic E-state index is 11.1. The summed E-state index contributed by atoms with van der Waals surface area (Å²) in [7, 11) is 0. The van der Waals surface area contributed by atoms with Gasteiger partial charge in [0.2, 0.25) is 0 Å². The van der Waals surface area contributed by atoms with E-state index in [4.69, 9.17) is 14.6 Å². The van der Waals surface area contributed by atoms with E-state index in [1.54, 1.807) is 0 Å². The fraction of sp³-hybridized carbons (Fsp3) is 0.600. The fourth-order valence-electron chi connectivity index (χ4n) is 3.16. The highest BCUT2D eigenvalue weighted by atomic mass is 16.7. The first kappa shape index (κ1) is 19.4. The van der Waals surface area contributed by atoms with E-state index in [1.165, 1.54) is 0 Å². The summed E-state index contributed by atoms with van der Waals surface area (Å²) in [5, 5.41) is 19.0. The van der Waals surface area contributed by atoms with Crippen molar-refractivity contribution < 1.29 is 19.4 Å². The Labute approximate surface area is 149 Å². The number of carboxylic acids is 1. The minimum atomic E-state index is -0.889. The van der Waals surface area contributed by atoms with Gasteiger partial charge in [-0.05, 0) is 62.6 Å². The Morgan fingerprint density at radius 3 is 2.76 bits per heavy atom. The molecule has 1 aliphatic rings. The minimum Gasteiger partial charge on any atom is -0.481 e. The molecule has 1 heterocycles. The summed E-state index contributed by atoms with van der Waals surface area (Å²) in [6.45, 7) is 5.12. The number of nitriles is 1. The lowest BCUT2D eigenvalue weighted by molar-refractivity contribution is -0.164. The minimum absolute atomic E-state index is 0.0413. The first-order chi connectivity index (χ1) is 12.0. The number of rotatable bonds is 8. The lowest BCUT2D eigenvalue weighted by Gasteiger charge is -2.29. The Morgan fingerprint density at radius 2 is 2.16 bits per heavy atom. The number of carboxylic acid groups (broad SMARTS) is 1. The zero-order valence-electron chi connectivity index (χ0n) is 15.1. The third kappa shape index (κ3) is 5.29. The fourth-order valence-corrected chi connectivity index (χ4v) is 3.16. The average molecular weight is 345 g/mol. The van der Waals surface area contributed by atoms with Crippen molar-refractivity contribution >= 4 is 5.97 Å². The number of hydrogen-bond acceptors (Lipinski definition) is 4. The number of benzene rings is 1. The van der Waals surface area contributed by atoms with Crippen LogP contribution in [0.25, 0.3) is 0 Å². The van der Waals surface area contributed by atoms with Gasteiger partial charge in [0.1, 0.15) is 0 Å². The number of carbonyl (C=O) groups is 1. The molecule has 1 aliphatic heterocycles. The molecule has 0 radical (unpaired) electrons. The van der Waals surface area contributed by atoms with E-state index in [0.717, 1.165) is 36.0 Å². The molecule has 1 aromatic rings. The van der Waals surface area contributed by atoms with Crippen molar-refractivity contribution in [3.05, 3.63) is 34.9 Å². The second kappa shape index (κ2) is 8.98. The third-order valence-corrected chi connectivity index (χ3v) is 5.01. The van der Waals surface area contributed by atoms with Gasteiger partial charge in [-0.15, -0.1) is 0 Å².